The SMILES string of the molecule is Cc1cc2c3c(c1)N(c1ccc4c(c1)C(C)(C)CCC4(C)C)c1cc4c(cc1B3c1ccc(N(c3ccccc3)c3ccccc3)cc1N2c1ccc2c(c1)C1(c3ccccc3-2)c2ccccc2-c2ccc(C(C)(C)C)cc21)C(C)(C)CCC4(C)C. The summed E-state index contributed by atoms with van der Waals surface area (Å²) in [6.45, 7) is 29.2. The summed E-state index contributed by atoms with van der Waals surface area (Å²) in [6.07, 6.45) is 4.64. The Hall–Kier alpha value is -8.34. The molecule has 424 valence electrons. The van der Waals surface area contributed by atoms with Gasteiger partial charge in [0.2, 0.25) is 0 Å². The van der Waals surface area contributed by atoms with Gasteiger partial charge in [-0.05, 0) is 233 Å². The van der Waals surface area contributed by atoms with E-state index in [4.69, 9.17) is 0 Å². The van der Waals surface area contributed by atoms with E-state index in [-0.39, 0.29) is 33.8 Å². The van der Waals surface area contributed by atoms with E-state index in [0.29, 0.717) is 0 Å². The molecule has 0 fully saturated rings. The van der Waals surface area contributed by atoms with Gasteiger partial charge in [0.15, 0.2) is 0 Å². The molecule has 6 aliphatic rings. The highest BCUT2D eigenvalue weighted by Crippen LogP contribution is 2.64. The first-order valence-corrected chi connectivity index (χ1v) is 31.8. The molecule has 2 aliphatic heterocycles. The Morgan fingerprint density at radius 2 is 0.814 bits per heavy atom. The molecule has 10 aromatic carbocycles. The standard InChI is InChI=1S/C82H78BN3/c1-51-43-74-76-75(44-51)86(56-33-37-64-67(47-56)79(7,8)40-39-78(64,5)6)73-50-69-68(80(9,10)41-42-81(69,11)12)49-71(73)83(76)70-38-34-57(84(53-23-15-13-16-24-53)54-25-17-14-18-26-54)48-72(70)85(74)55-32-36-61-59-28-20-22-30-63(59)82(66(61)46-55)62-29-21-19-27-58(62)60-35-31-52(45-65(60)82)77(2,3)4/h13-38,43-50H,39-42H2,1-12H3. The maximum atomic E-state index is 2.71. The highest BCUT2D eigenvalue weighted by molar-refractivity contribution is 7.00. The smallest absolute Gasteiger partial charge is 0.252 e. The third-order valence-electron chi connectivity index (χ3n) is 21.7. The summed E-state index contributed by atoms with van der Waals surface area (Å²) in [7, 11) is 0. The molecule has 10 aromatic rings. The van der Waals surface area contributed by atoms with Crippen LogP contribution in [0.4, 0.5) is 51.2 Å². The van der Waals surface area contributed by atoms with Crippen LogP contribution >= 0.6 is 0 Å². The van der Waals surface area contributed by atoms with Gasteiger partial charge in [0.05, 0.1) is 5.41 Å². The van der Waals surface area contributed by atoms with Crippen molar-refractivity contribution in [3.63, 3.8) is 0 Å². The number of nitrogens with zero attached hydrogens (tertiary/aromatic N) is 3. The van der Waals surface area contributed by atoms with Gasteiger partial charge >= 0.3 is 0 Å². The molecule has 86 heavy (non-hydrogen) atoms. The van der Waals surface area contributed by atoms with Crippen molar-refractivity contribution < 1.29 is 0 Å². The first kappa shape index (κ1) is 53.2. The van der Waals surface area contributed by atoms with E-state index < -0.39 is 5.41 Å². The van der Waals surface area contributed by atoms with Crippen LogP contribution in [0.1, 0.15) is 157 Å². The minimum Gasteiger partial charge on any atom is -0.311 e. The summed E-state index contributed by atoms with van der Waals surface area (Å²) < 4.78 is 0. The average molecular weight is 1120 g/mol. The van der Waals surface area contributed by atoms with Crippen LogP contribution in [-0.2, 0) is 32.5 Å². The van der Waals surface area contributed by atoms with Crippen molar-refractivity contribution in [2.75, 3.05) is 14.7 Å². The zero-order valence-corrected chi connectivity index (χ0v) is 52.4. The van der Waals surface area contributed by atoms with Crippen LogP contribution in [0, 0.1) is 6.92 Å². The van der Waals surface area contributed by atoms with Crippen molar-refractivity contribution in [1.82, 2.24) is 0 Å². The van der Waals surface area contributed by atoms with Crippen molar-refractivity contribution in [1.29, 1.82) is 0 Å². The Kier molecular flexibility index (Phi) is 11.2. The Morgan fingerprint density at radius 3 is 1.38 bits per heavy atom. The van der Waals surface area contributed by atoms with Crippen LogP contribution in [0.2, 0.25) is 0 Å². The topological polar surface area (TPSA) is 9.72 Å². The summed E-state index contributed by atoms with van der Waals surface area (Å²) >= 11 is 0. The van der Waals surface area contributed by atoms with Gasteiger partial charge in [-0.1, -0.05) is 204 Å². The van der Waals surface area contributed by atoms with E-state index in [1.807, 2.05) is 0 Å². The van der Waals surface area contributed by atoms with Crippen LogP contribution in [-0.4, -0.2) is 6.71 Å². The maximum absolute atomic E-state index is 2.71. The molecule has 2 heterocycles. The predicted octanol–water partition coefficient (Wildman–Crippen LogP) is 19.9. The van der Waals surface area contributed by atoms with Gasteiger partial charge < -0.3 is 14.7 Å². The molecule has 4 heteroatoms. The molecule has 1 spiro atoms. The summed E-state index contributed by atoms with van der Waals surface area (Å²) in [5.41, 5.74) is 33.7. The maximum Gasteiger partial charge on any atom is 0.252 e. The Morgan fingerprint density at radius 1 is 0.360 bits per heavy atom. The van der Waals surface area contributed by atoms with Crippen LogP contribution in [0.5, 0.6) is 0 Å². The third kappa shape index (κ3) is 7.47. The van der Waals surface area contributed by atoms with Crippen LogP contribution < -0.4 is 31.1 Å². The first-order chi connectivity index (χ1) is 41.2. The Bertz CT molecular complexity index is 4440. The number of aryl methyl sites for hydroxylation is 1. The molecular formula is C82H78BN3. The molecule has 4 aliphatic carbocycles. The normalized spacial score (nSPS) is 18.9. The van der Waals surface area contributed by atoms with Crippen LogP contribution in [0.3, 0.4) is 0 Å². The lowest BCUT2D eigenvalue weighted by molar-refractivity contribution is 0.332. The minimum atomic E-state index is -0.536. The fraction of sp³-hybridized carbons (Fsp3) is 0.268. The van der Waals surface area contributed by atoms with Gasteiger partial charge in [-0.15, -0.1) is 0 Å². The van der Waals surface area contributed by atoms with E-state index in [1.54, 1.807) is 0 Å². The number of hydrogen-bond donors (Lipinski definition) is 0. The molecule has 3 nitrogen and oxygen atoms in total. The van der Waals surface area contributed by atoms with Gasteiger partial charge in [-0.2, -0.15) is 0 Å². The quantitative estimate of drug-likeness (QED) is 0.159. The minimum absolute atomic E-state index is 0.00482. The lowest BCUT2D eigenvalue weighted by Gasteiger charge is -2.48. The van der Waals surface area contributed by atoms with Crippen molar-refractivity contribution >= 4 is 74.3 Å². The van der Waals surface area contributed by atoms with Crippen LogP contribution in [0.25, 0.3) is 22.3 Å². The van der Waals surface area contributed by atoms with Gasteiger partial charge in [0, 0.05) is 51.2 Å². The molecule has 0 aromatic heterocycles. The second kappa shape index (κ2) is 18.1. The number of rotatable bonds is 5. The molecule has 0 saturated heterocycles. The predicted molar refractivity (Wildman–Crippen MR) is 365 cm³/mol. The third-order valence-corrected chi connectivity index (χ3v) is 21.7. The van der Waals surface area contributed by atoms with Gasteiger partial charge in [-0.25, -0.2) is 0 Å². The monoisotopic (exact) mass is 1120 g/mol. The molecule has 1 unspecified atom stereocenters. The number of fused-ring (bicyclic) bond motifs is 16. The van der Waals surface area contributed by atoms with E-state index in [9.17, 15) is 0 Å². The highest BCUT2D eigenvalue weighted by Gasteiger charge is 2.53. The van der Waals surface area contributed by atoms with E-state index in [1.165, 1.54) is 129 Å². The molecule has 0 radical (unpaired) electrons. The van der Waals surface area contributed by atoms with E-state index >= 15 is 0 Å². The summed E-state index contributed by atoms with van der Waals surface area (Å²) in [5.74, 6) is 0. The molecule has 0 bridgehead atoms. The van der Waals surface area contributed by atoms with Crippen molar-refractivity contribution in [3.05, 3.63) is 262 Å². The lowest BCUT2D eigenvalue weighted by atomic mass is 9.33. The molecule has 16 rings (SSSR count). The molecule has 0 saturated carbocycles. The average Bonchev–Trinajstić information content (AvgIpc) is 1.38. The summed E-state index contributed by atoms with van der Waals surface area (Å²) in [5, 5.41) is 0. The number of hydrogen-bond acceptors (Lipinski definition) is 3. The molecule has 0 amide bonds. The molecule has 1 atom stereocenters. The molecule has 0 N–H and O–H groups in total. The second-order valence-electron chi connectivity index (χ2n) is 29.9. The van der Waals surface area contributed by atoms with Gasteiger partial charge in [-0.3, -0.25) is 0 Å². The fourth-order valence-electron chi connectivity index (χ4n) is 16.9. The number of anilines is 9. The second-order valence-corrected chi connectivity index (χ2v) is 29.9. The van der Waals surface area contributed by atoms with E-state index in [0.717, 1.165) is 42.0 Å². The van der Waals surface area contributed by atoms with Crippen molar-refractivity contribution in [3.8, 4) is 22.3 Å². The number of benzene rings is 10. The fourth-order valence-corrected chi connectivity index (χ4v) is 16.9. The number of para-hydroxylation sites is 2. The molecular weight excluding hydrogens is 1040 g/mol. The van der Waals surface area contributed by atoms with E-state index in [2.05, 4.69) is 304 Å². The van der Waals surface area contributed by atoms with Gasteiger partial charge in [0.25, 0.3) is 6.71 Å². The zero-order valence-electron chi connectivity index (χ0n) is 52.4. The Labute approximate surface area is 511 Å². The zero-order chi connectivity index (χ0) is 59.2. The summed E-state index contributed by atoms with van der Waals surface area (Å²) in [4.78, 5) is 7.84. The van der Waals surface area contributed by atoms with Gasteiger partial charge in [0.1, 0.15) is 0 Å². The van der Waals surface area contributed by atoms with Crippen LogP contribution in [0.15, 0.2) is 206 Å². The first-order valence-electron chi connectivity index (χ1n) is 31.8. The van der Waals surface area contributed by atoms with Crippen molar-refractivity contribution in [2.45, 2.75) is 141 Å². The summed E-state index contributed by atoms with van der Waals surface area (Å²) in [6, 6.07) is 80.8. The Balaban J connectivity index is 1.01. The van der Waals surface area contributed by atoms with Crippen molar-refractivity contribution in [2.24, 2.45) is 0 Å². The highest BCUT2D eigenvalue weighted by atomic mass is 15.2. The lowest BCUT2D eigenvalue weighted by Crippen LogP contribution is -2.62. The largest absolute Gasteiger partial charge is 0.311 e.